The maximum Gasteiger partial charge on any atom is 0.219 e. The molecule has 2 heterocycles. The number of rotatable bonds is 7. The van der Waals surface area contributed by atoms with Gasteiger partial charge in [-0.15, -0.1) is 0 Å². The van der Waals surface area contributed by atoms with E-state index in [1.54, 1.807) is 6.92 Å². The first kappa shape index (κ1) is 19.7. The van der Waals surface area contributed by atoms with Gasteiger partial charge in [0.2, 0.25) is 5.91 Å². The number of aryl methyl sites for hydroxylation is 1. The average Bonchev–Trinajstić information content (AvgIpc) is 3.21. The Hall–Kier alpha value is -2.07. The summed E-state index contributed by atoms with van der Waals surface area (Å²) in [6, 6.07) is 15.1. The molecule has 4 nitrogen and oxygen atoms in total. The van der Waals surface area contributed by atoms with Crippen molar-refractivity contribution in [2.45, 2.75) is 33.2 Å². The molecule has 0 unspecified atom stereocenters. The van der Waals surface area contributed by atoms with Crippen LogP contribution in [-0.2, 0) is 18.4 Å². The van der Waals surface area contributed by atoms with Crippen molar-refractivity contribution >= 4 is 5.91 Å². The molecule has 0 spiro atoms. The summed E-state index contributed by atoms with van der Waals surface area (Å²) in [5.41, 5.74) is 2.73. The second-order valence-electron chi connectivity index (χ2n) is 8.40. The molecule has 1 aliphatic heterocycles. The molecule has 0 radical (unpaired) electrons. The summed E-state index contributed by atoms with van der Waals surface area (Å²) in [6.45, 7) is 10.8. The lowest BCUT2D eigenvalue weighted by Crippen LogP contribution is -2.38. The van der Waals surface area contributed by atoms with Crippen molar-refractivity contribution in [2.75, 3.05) is 26.2 Å². The minimum absolute atomic E-state index is 0.191. The molecule has 0 saturated carbocycles. The van der Waals surface area contributed by atoms with E-state index in [1.165, 1.54) is 11.3 Å². The van der Waals surface area contributed by atoms with E-state index >= 15 is 0 Å². The second-order valence-corrected chi connectivity index (χ2v) is 8.40. The molecule has 2 atom stereocenters. The lowest BCUT2D eigenvalue weighted by atomic mass is 9.88. The first-order valence-corrected chi connectivity index (χ1v) is 10.1. The quantitative estimate of drug-likeness (QED) is 0.746. The van der Waals surface area contributed by atoms with E-state index in [0.29, 0.717) is 17.8 Å². The summed E-state index contributed by atoms with van der Waals surface area (Å²) < 4.78 is 2.20. The van der Waals surface area contributed by atoms with Crippen molar-refractivity contribution in [1.29, 1.82) is 0 Å². The van der Waals surface area contributed by atoms with Crippen LogP contribution in [0.4, 0.5) is 0 Å². The lowest BCUT2D eigenvalue weighted by molar-refractivity contribution is -0.130. The van der Waals surface area contributed by atoms with Gasteiger partial charge in [0.15, 0.2) is 0 Å². The number of nitrogens with zero attached hydrogens (tertiary/aromatic N) is 3. The number of carbonyl (C=O) groups excluding carboxylic acids is 1. The Bertz CT molecular complexity index is 737. The van der Waals surface area contributed by atoms with Crippen LogP contribution in [-0.4, -0.2) is 46.5 Å². The van der Waals surface area contributed by atoms with E-state index in [-0.39, 0.29) is 5.91 Å². The normalized spacial score (nSPS) is 20.3. The zero-order valence-corrected chi connectivity index (χ0v) is 17.1. The molecule has 27 heavy (non-hydrogen) atoms. The van der Waals surface area contributed by atoms with Gasteiger partial charge in [-0.05, 0) is 29.5 Å². The molecular weight excluding hydrogens is 334 g/mol. The number of hydrogen-bond donors (Lipinski definition) is 0. The molecule has 0 N–H and O–H groups in total. The van der Waals surface area contributed by atoms with Crippen LogP contribution >= 0.6 is 0 Å². The number of likely N-dealkylation sites (tertiary alicyclic amines) is 1. The fourth-order valence-corrected chi connectivity index (χ4v) is 4.30. The zero-order chi connectivity index (χ0) is 19.4. The Kier molecular flexibility index (Phi) is 6.38. The van der Waals surface area contributed by atoms with Gasteiger partial charge in [-0.2, -0.15) is 0 Å². The van der Waals surface area contributed by atoms with E-state index < -0.39 is 0 Å². The van der Waals surface area contributed by atoms with Crippen molar-refractivity contribution in [3.8, 4) is 0 Å². The first-order chi connectivity index (χ1) is 12.9. The highest BCUT2D eigenvalue weighted by atomic mass is 16.2. The van der Waals surface area contributed by atoms with E-state index in [1.807, 2.05) is 0 Å². The molecular formula is C23H33N3O. The number of aromatic nitrogens is 1. The van der Waals surface area contributed by atoms with Gasteiger partial charge >= 0.3 is 0 Å². The third kappa shape index (κ3) is 5.01. The van der Waals surface area contributed by atoms with Crippen LogP contribution in [0.2, 0.25) is 0 Å². The highest BCUT2D eigenvalue weighted by Crippen LogP contribution is 2.34. The van der Waals surface area contributed by atoms with Crippen molar-refractivity contribution in [3.63, 3.8) is 0 Å². The minimum atomic E-state index is 0.191. The standard InChI is InChI=1S/C23H33N3O/c1-18(2)13-26(19(3)27)15-21-14-25(16-22-11-8-12-24(22)4)17-23(21)20-9-6-5-7-10-20/h5-12,18,21,23H,13-17H2,1-4H3/t21-,23+/m1/s1. The Morgan fingerprint density at radius 3 is 2.48 bits per heavy atom. The van der Waals surface area contributed by atoms with Crippen molar-refractivity contribution in [3.05, 3.63) is 59.9 Å². The molecule has 1 fully saturated rings. The molecule has 146 valence electrons. The molecule has 2 aromatic rings. The van der Waals surface area contributed by atoms with Gasteiger partial charge in [-0.25, -0.2) is 0 Å². The predicted molar refractivity (Wildman–Crippen MR) is 110 cm³/mol. The van der Waals surface area contributed by atoms with Crippen LogP contribution in [0.3, 0.4) is 0 Å². The van der Waals surface area contributed by atoms with Crippen LogP contribution < -0.4 is 0 Å². The minimum Gasteiger partial charge on any atom is -0.353 e. The van der Waals surface area contributed by atoms with Crippen LogP contribution in [0.25, 0.3) is 0 Å². The van der Waals surface area contributed by atoms with E-state index in [9.17, 15) is 4.79 Å². The molecule has 0 aliphatic carbocycles. The molecule has 1 aliphatic rings. The highest BCUT2D eigenvalue weighted by Gasteiger charge is 2.35. The van der Waals surface area contributed by atoms with Gasteiger partial charge in [0.25, 0.3) is 0 Å². The van der Waals surface area contributed by atoms with Crippen LogP contribution in [0.15, 0.2) is 48.7 Å². The summed E-state index contributed by atoms with van der Waals surface area (Å²) in [5.74, 6) is 1.62. The summed E-state index contributed by atoms with van der Waals surface area (Å²) in [4.78, 5) is 16.8. The Morgan fingerprint density at radius 2 is 1.89 bits per heavy atom. The molecule has 1 aromatic heterocycles. The van der Waals surface area contributed by atoms with E-state index in [2.05, 4.69) is 83.9 Å². The van der Waals surface area contributed by atoms with Crippen LogP contribution in [0, 0.1) is 11.8 Å². The fraction of sp³-hybridized carbons (Fsp3) is 0.522. The average molecular weight is 368 g/mol. The Labute approximate surface area is 163 Å². The molecule has 1 aromatic carbocycles. The molecule has 1 amide bonds. The largest absolute Gasteiger partial charge is 0.353 e. The van der Waals surface area contributed by atoms with Gasteiger partial charge < -0.3 is 9.47 Å². The molecule has 0 bridgehead atoms. The van der Waals surface area contributed by atoms with Gasteiger partial charge in [-0.1, -0.05) is 44.2 Å². The fourth-order valence-electron chi connectivity index (χ4n) is 4.30. The third-order valence-corrected chi connectivity index (χ3v) is 5.67. The molecule has 1 saturated heterocycles. The summed E-state index contributed by atoms with van der Waals surface area (Å²) in [5, 5.41) is 0. The summed E-state index contributed by atoms with van der Waals surface area (Å²) in [7, 11) is 2.11. The van der Waals surface area contributed by atoms with Crippen LogP contribution in [0.1, 0.15) is 37.9 Å². The zero-order valence-electron chi connectivity index (χ0n) is 17.1. The summed E-state index contributed by atoms with van der Waals surface area (Å²) >= 11 is 0. The highest BCUT2D eigenvalue weighted by molar-refractivity contribution is 5.73. The maximum absolute atomic E-state index is 12.2. The second kappa shape index (κ2) is 8.75. The molecule has 4 heteroatoms. The Balaban J connectivity index is 1.77. The number of amides is 1. The number of carbonyl (C=O) groups is 1. The smallest absolute Gasteiger partial charge is 0.219 e. The van der Waals surface area contributed by atoms with Crippen molar-refractivity contribution < 1.29 is 4.79 Å². The topological polar surface area (TPSA) is 28.5 Å². The van der Waals surface area contributed by atoms with E-state index in [4.69, 9.17) is 0 Å². The van der Waals surface area contributed by atoms with E-state index in [0.717, 1.165) is 32.7 Å². The monoisotopic (exact) mass is 367 g/mol. The van der Waals surface area contributed by atoms with Gasteiger partial charge in [0.1, 0.15) is 0 Å². The summed E-state index contributed by atoms with van der Waals surface area (Å²) in [6.07, 6.45) is 2.11. The Morgan fingerprint density at radius 1 is 1.15 bits per heavy atom. The number of hydrogen-bond acceptors (Lipinski definition) is 2. The van der Waals surface area contributed by atoms with Gasteiger partial charge in [-0.3, -0.25) is 9.69 Å². The first-order valence-electron chi connectivity index (χ1n) is 10.1. The maximum atomic E-state index is 12.2. The predicted octanol–water partition coefficient (Wildman–Crippen LogP) is 3.75. The van der Waals surface area contributed by atoms with Crippen molar-refractivity contribution in [2.24, 2.45) is 18.9 Å². The SMILES string of the molecule is CC(=O)N(CC(C)C)C[C@H]1CN(Cc2cccn2C)C[C@H]1c1ccccc1. The third-order valence-electron chi connectivity index (χ3n) is 5.67. The van der Waals surface area contributed by atoms with Crippen LogP contribution in [0.5, 0.6) is 0 Å². The lowest BCUT2D eigenvalue weighted by Gasteiger charge is -2.29. The van der Waals surface area contributed by atoms with Gasteiger partial charge in [0.05, 0.1) is 0 Å². The van der Waals surface area contributed by atoms with Crippen molar-refractivity contribution in [1.82, 2.24) is 14.4 Å². The molecule has 3 rings (SSSR count). The van der Waals surface area contributed by atoms with Gasteiger partial charge in [0, 0.05) is 64.5 Å². The number of benzene rings is 1.